The summed E-state index contributed by atoms with van der Waals surface area (Å²) in [6.45, 7) is 3.21. The van der Waals surface area contributed by atoms with Gasteiger partial charge in [0.2, 0.25) is 5.91 Å². The number of aryl methyl sites for hydroxylation is 2. The van der Waals surface area contributed by atoms with Crippen molar-refractivity contribution in [2.75, 3.05) is 12.4 Å². The minimum absolute atomic E-state index is 0.0574. The Morgan fingerprint density at radius 1 is 1.17 bits per heavy atom. The zero-order chi connectivity index (χ0) is 17.7. The summed E-state index contributed by atoms with van der Waals surface area (Å²) in [4.78, 5) is 35.0. The van der Waals surface area contributed by atoms with Gasteiger partial charge in [-0.25, -0.2) is 0 Å². The molecule has 0 unspecified atom stereocenters. The maximum Gasteiger partial charge on any atom is 0.251 e. The summed E-state index contributed by atoms with van der Waals surface area (Å²) in [5.41, 5.74) is 1.58. The largest absolute Gasteiger partial charge is 0.466 e. The van der Waals surface area contributed by atoms with E-state index in [1.807, 2.05) is 0 Å². The van der Waals surface area contributed by atoms with Crippen molar-refractivity contribution < 1.29 is 18.8 Å². The molecule has 0 aliphatic carbocycles. The van der Waals surface area contributed by atoms with Crippen LogP contribution in [-0.4, -0.2) is 24.6 Å². The molecule has 24 heavy (non-hydrogen) atoms. The molecular weight excluding hydrogens is 308 g/mol. The van der Waals surface area contributed by atoms with Gasteiger partial charge in [0, 0.05) is 31.1 Å². The molecule has 2 N–H and O–H groups in total. The van der Waals surface area contributed by atoms with E-state index in [1.165, 1.54) is 6.92 Å². The molecular formula is C18H20N2O4. The molecule has 2 aromatic rings. The Balaban J connectivity index is 1.95. The molecule has 2 amide bonds. The summed E-state index contributed by atoms with van der Waals surface area (Å²) in [6.07, 6.45) is 0.615. The lowest BCUT2D eigenvalue weighted by Gasteiger charge is -2.06. The molecule has 0 aliphatic heterocycles. The number of benzene rings is 1. The van der Waals surface area contributed by atoms with E-state index in [0.29, 0.717) is 34.8 Å². The van der Waals surface area contributed by atoms with Gasteiger partial charge in [0.25, 0.3) is 5.91 Å². The molecule has 2 rings (SSSR count). The van der Waals surface area contributed by atoms with Crippen molar-refractivity contribution in [2.45, 2.75) is 26.7 Å². The first-order valence-corrected chi connectivity index (χ1v) is 7.63. The van der Waals surface area contributed by atoms with E-state index in [4.69, 9.17) is 4.42 Å². The number of rotatable bonds is 6. The van der Waals surface area contributed by atoms with Crippen LogP contribution in [0.25, 0.3) is 0 Å². The third kappa shape index (κ3) is 4.32. The molecule has 1 aromatic heterocycles. The maximum atomic E-state index is 12.0. The predicted octanol–water partition coefficient (Wildman–Crippen LogP) is 2.72. The normalized spacial score (nSPS) is 10.3. The lowest BCUT2D eigenvalue weighted by Crippen LogP contribution is -2.18. The smallest absolute Gasteiger partial charge is 0.251 e. The maximum absolute atomic E-state index is 12.0. The first kappa shape index (κ1) is 17.5. The highest BCUT2D eigenvalue weighted by Crippen LogP contribution is 2.17. The van der Waals surface area contributed by atoms with Crippen molar-refractivity contribution in [3.63, 3.8) is 0 Å². The number of hydrogen-bond acceptors (Lipinski definition) is 4. The van der Waals surface area contributed by atoms with Crippen LogP contribution in [0.15, 0.2) is 34.7 Å². The van der Waals surface area contributed by atoms with E-state index in [1.54, 1.807) is 44.3 Å². The van der Waals surface area contributed by atoms with E-state index in [-0.39, 0.29) is 24.0 Å². The number of hydrogen-bond donors (Lipinski definition) is 2. The van der Waals surface area contributed by atoms with Gasteiger partial charge in [-0.15, -0.1) is 0 Å². The average Bonchev–Trinajstić information content (AvgIpc) is 2.93. The van der Waals surface area contributed by atoms with E-state index < -0.39 is 0 Å². The fourth-order valence-electron chi connectivity index (χ4n) is 2.36. The molecule has 126 valence electrons. The number of carbonyl (C=O) groups is 3. The second-order valence-electron chi connectivity index (χ2n) is 5.45. The van der Waals surface area contributed by atoms with Crippen molar-refractivity contribution in [2.24, 2.45) is 0 Å². The molecule has 0 spiro atoms. The van der Waals surface area contributed by atoms with Crippen molar-refractivity contribution in [1.29, 1.82) is 0 Å². The lowest BCUT2D eigenvalue weighted by molar-refractivity contribution is -0.116. The SMILES string of the molecule is CNC(=O)c1cccc(NC(=O)CCc2cc(C(C)=O)c(C)o2)c1. The van der Waals surface area contributed by atoms with Crippen LogP contribution in [0.2, 0.25) is 0 Å². The number of anilines is 1. The molecule has 0 saturated carbocycles. The molecule has 0 atom stereocenters. The van der Waals surface area contributed by atoms with Gasteiger partial charge in [-0.1, -0.05) is 6.07 Å². The quantitative estimate of drug-likeness (QED) is 0.798. The Bertz CT molecular complexity index is 777. The van der Waals surface area contributed by atoms with E-state index >= 15 is 0 Å². The summed E-state index contributed by atoms with van der Waals surface area (Å²) in [7, 11) is 1.55. The van der Waals surface area contributed by atoms with E-state index in [0.717, 1.165) is 0 Å². The number of carbonyl (C=O) groups excluding carboxylic acids is 3. The van der Waals surface area contributed by atoms with Gasteiger partial charge in [0.1, 0.15) is 11.5 Å². The summed E-state index contributed by atoms with van der Waals surface area (Å²) in [5, 5.41) is 5.28. The number of ketones is 1. The molecule has 6 heteroatoms. The standard InChI is InChI=1S/C18H20N2O4/c1-11(21)16-10-15(24-12(16)2)7-8-17(22)20-14-6-4-5-13(9-14)18(23)19-3/h4-6,9-10H,7-8H2,1-3H3,(H,19,23)(H,20,22). The van der Waals surface area contributed by atoms with Crippen LogP contribution in [-0.2, 0) is 11.2 Å². The third-order valence-electron chi connectivity index (χ3n) is 3.58. The van der Waals surface area contributed by atoms with Crippen molar-refractivity contribution >= 4 is 23.3 Å². The second-order valence-corrected chi connectivity index (χ2v) is 5.45. The van der Waals surface area contributed by atoms with Crippen LogP contribution in [0.4, 0.5) is 5.69 Å². The zero-order valence-electron chi connectivity index (χ0n) is 13.9. The Hall–Kier alpha value is -2.89. The zero-order valence-corrected chi connectivity index (χ0v) is 13.9. The highest BCUT2D eigenvalue weighted by molar-refractivity contribution is 5.97. The van der Waals surface area contributed by atoms with E-state index in [2.05, 4.69) is 10.6 Å². The van der Waals surface area contributed by atoms with Crippen LogP contribution in [0.1, 0.15) is 45.6 Å². The second kappa shape index (κ2) is 7.59. The van der Waals surface area contributed by atoms with Crippen LogP contribution < -0.4 is 10.6 Å². The van der Waals surface area contributed by atoms with Gasteiger partial charge in [-0.3, -0.25) is 14.4 Å². The molecule has 6 nitrogen and oxygen atoms in total. The van der Waals surface area contributed by atoms with Crippen molar-refractivity contribution in [1.82, 2.24) is 5.32 Å². The topological polar surface area (TPSA) is 88.4 Å². The molecule has 0 saturated heterocycles. The number of amides is 2. The van der Waals surface area contributed by atoms with Gasteiger partial charge < -0.3 is 15.1 Å². The summed E-state index contributed by atoms with van der Waals surface area (Å²) >= 11 is 0. The monoisotopic (exact) mass is 328 g/mol. The van der Waals surface area contributed by atoms with Crippen LogP contribution in [0, 0.1) is 6.92 Å². The molecule has 1 aromatic carbocycles. The third-order valence-corrected chi connectivity index (χ3v) is 3.58. The minimum Gasteiger partial charge on any atom is -0.466 e. The van der Waals surface area contributed by atoms with Gasteiger partial charge in [0.15, 0.2) is 5.78 Å². The lowest BCUT2D eigenvalue weighted by atomic mass is 10.1. The summed E-state index contributed by atoms with van der Waals surface area (Å²) in [6, 6.07) is 8.38. The highest BCUT2D eigenvalue weighted by atomic mass is 16.3. The highest BCUT2D eigenvalue weighted by Gasteiger charge is 2.13. The molecule has 0 fully saturated rings. The fourth-order valence-corrected chi connectivity index (χ4v) is 2.36. The first-order valence-electron chi connectivity index (χ1n) is 7.63. The summed E-state index contributed by atoms with van der Waals surface area (Å²) < 4.78 is 5.49. The summed E-state index contributed by atoms with van der Waals surface area (Å²) in [5.74, 6) is 0.706. The minimum atomic E-state index is -0.214. The van der Waals surface area contributed by atoms with Crippen LogP contribution in [0.3, 0.4) is 0 Å². The van der Waals surface area contributed by atoms with Crippen molar-refractivity contribution in [3.8, 4) is 0 Å². The average molecular weight is 328 g/mol. The fraction of sp³-hybridized carbons (Fsp3) is 0.278. The van der Waals surface area contributed by atoms with Crippen LogP contribution in [0.5, 0.6) is 0 Å². The Morgan fingerprint density at radius 3 is 2.54 bits per heavy atom. The molecule has 0 aliphatic rings. The Labute approximate surface area is 140 Å². The van der Waals surface area contributed by atoms with Gasteiger partial charge >= 0.3 is 0 Å². The predicted molar refractivity (Wildman–Crippen MR) is 90.2 cm³/mol. The Kier molecular flexibility index (Phi) is 5.52. The first-order chi connectivity index (χ1) is 11.4. The molecule has 0 radical (unpaired) electrons. The molecule has 1 heterocycles. The Morgan fingerprint density at radius 2 is 1.92 bits per heavy atom. The van der Waals surface area contributed by atoms with Crippen LogP contribution >= 0.6 is 0 Å². The van der Waals surface area contributed by atoms with Gasteiger partial charge in [0.05, 0.1) is 5.56 Å². The number of nitrogens with one attached hydrogen (secondary N) is 2. The van der Waals surface area contributed by atoms with Gasteiger partial charge in [-0.05, 0) is 38.1 Å². The van der Waals surface area contributed by atoms with Crippen molar-refractivity contribution in [3.05, 3.63) is 53.0 Å². The van der Waals surface area contributed by atoms with Gasteiger partial charge in [-0.2, -0.15) is 0 Å². The number of furan rings is 1. The van der Waals surface area contributed by atoms with E-state index in [9.17, 15) is 14.4 Å². The number of Topliss-reactive ketones (excluding diaryl/α,β-unsaturated/α-hetero) is 1. The molecule has 0 bridgehead atoms.